The van der Waals surface area contributed by atoms with Gasteiger partial charge in [-0.25, -0.2) is 9.78 Å². The summed E-state index contributed by atoms with van der Waals surface area (Å²) in [5.41, 5.74) is 5.69. The van der Waals surface area contributed by atoms with Crippen molar-refractivity contribution in [2.75, 3.05) is 20.3 Å². The van der Waals surface area contributed by atoms with Gasteiger partial charge < -0.3 is 20.5 Å². The number of carbonyl (C=O) groups excluding carboxylic acids is 2. The molecule has 1 saturated carbocycles. The van der Waals surface area contributed by atoms with E-state index in [9.17, 15) is 9.59 Å². The summed E-state index contributed by atoms with van der Waals surface area (Å²) in [5.74, 6) is -0.701. The van der Waals surface area contributed by atoms with Crippen molar-refractivity contribution in [1.82, 2.24) is 10.3 Å². The number of nitrogens with two attached hydrogens (primary N) is 1. The summed E-state index contributed by atoms with van der Waals surface area (Å²) in [7, 11) is 1.32. The topological polar surface area (TPSA) is 104 Å². The van der Waals surface area contributed by atoms with Crippen LogP contribution in [0.5, 0.6) is 0 Å². The van der Waals surface area contributed by atoms with Gasteiger partial charge in [0.1, 0.15) is 0 Å². The van der Waals surface area contributed by atoms with Crippen LogP contribution in [0.25, 0.3) is 0 Å². The van der Waals surface area contributed by atoms with Crippen molar-refractivity contribution in [2.24, 2.45) is 5.73 Å². The van der Waals surface area contributed by atoms with Crippen molar-refractivity contribution >= 4 is 11.9 Å². The first-order chi connectivity index (χ1) is 11.0. The molecule has 3 rings (SSSR count). The van der Waals surface area contributed by atoms with Crippen LogP contribution in [0.15, 0.2) is 18.3 Å². The second-order valence-corrected chi connectivity index (χ2v) is 6.20. The van der Waals surface area contributed by atoms with Crippen molar-refractivity contribution in [1.29, 1.82) is 0 Å². The van der Waals surface area contributed by atoms with Gasteiger partial charge in [0.05, 0.1) is 18.2 Å². The van der Waals surface area contributed by atoms with Crippen molar-refractivity contribution < 1.29 is 19.1 Å². The molecule has 0 atom stereocenters. The fourth-order valence-corrected chi connectivity index (χ4v) is 2.94. The number of aromatic nitrogens is 1. The van der Waals surface area contributed by atoms with E-state index in [0.29, 0.717) is 31.6 Å². The maximum atomic E-state index is 12.7. The highest BCUT2D eigenvalue weighted by molar-refractivity contribution is 5.91. The molecule has 1 aromatic rings. The van der Waals surface area contributed by atoms with Gasteiger partial charge in [0, 0.05) is 25.0 Å². The molecule has 23 heavy (non-hydrogen) atoms. The van der Waals surface area contributed by atoms with E-state index >= 15 is 0 Å². The zero-order chi connectivity index (χ0) is 16.5. The molecule has 124 valence electrons. The molecule has 3 N–H and O–H groups in total. The van der Waals surface area contributed by atoms with Gasteiger partial charge in [-0.3, -0.25) is 4.79 Å². The van der Waals surface area contributed by atoms with Crippen LogP contribution in [-0.4, -0.2) is 42.7 Å². The third-order valence-electron chi connectivity index (χ3n) is 4.64. The lowest BCUT2D eigenvalue weighted by molar-refractivity contribution is -0.130. The molecular formula is C16H21N3O4. The number of nitrogens with zero attached hydrogens (tertiary/aromatic N) is 1. The lowest BCUT2D eigenvalue weighted by atomic mass is 9.89. The van der Waals surface area contributed by atoms with Gasteiger partial charge in [-0.1, -0.05) is 6.07 Å². The SMILES string of the molecule is COC(=O)c1ncccc1C1(NC(=O)C2(N)CCOCC2)CC1. The molecule has 1 saturated heterocycles. The highest BCUT2D eigenvalue weighted by Crippen LogP contribution is 2.47. The van der Waals surface area contributed by atoms with Gasteiger partial charge in [0.2, 0.25) is 5.91 Å². The fourth-order valence-electron chi connectivity index (χ4n) is 2.94. The van der Waals surface area contributed by atoms with E-state index in [1.807, 2.05) is 0 Å². The number of amides is 1. The van der Waals surface area contributed by atoms with E-state index < -0.39 is 17.0 Å². The largest absolute Gasteiger partial charge is 0.464 e. The lowest BCUT2D eigenvalue weighted by Gasteiger charge is -2.34. The number of hydrogen-bond acceptors (Lipinski definition) is 6. The van der Waals surface area contributed by atoms with E-state index in [1.165, 1.54) is 13.3 Å². The highest BCUT2D eigenvalue weighted by Gasteiger charge is 2.51. The predicted molar refractivity (Wildman–Crippen MR) is 81.6 cm³/mol. The summed E-state index contributed by atoms with van der Waals surface area (Å²) in [6.45, 7) is 0.967. The normalized spacial score (nSPS) is 21.3. The molecule has 2 fully saturated rings. The smallest absolute Gasteiger partial charge is 0.357 e. The third kappa shape index (κ3) is 2.94. The quantitative estimate of drug-likeness (QED) is 0.783. The Balaban J connectivity index is 1.83. The summed E-state index contributed by atoms with van der Waals surface area (Å²) in [6.07, 6.45) is 4.02. The monoisotopic (exact) mass is 319 g/mol. The number of ether oxygens (including phenoxy) is 2. The Morgan fingerprint density at radius 3 is 2.61 bits per heavy atom. The standard InChI is InChI=1S/C16H21N3O4/c1-22-13(20)12-11(3-2-8-18-12)16(4-5-16)19-14(21)15(17)6-9-23-10-7-15/h2-3,8H,4-7,9-10,17H2,1H3,(H,19,21). The molecule has 2 aliphatic rings. The van der Waals surface area contributed by atoms with Crippen LogP contribution in [0.3, 0.4) is 0 Å². The minimum Gasteiger partial charge on any atom is -0.464 e. The van der Waals surface area contributed by atoms with Crippen LogP contribution in [-0.2, 0) is 19.8 Å². The number of rotatable bonds is 4. The van der Waals surface area contributed by atoms with E-state index in [0.717, 1.165) is 12.8 Å². The molecule has 0 spiro atoms. The van der Waals surface area contributed by atoms with Crippen molar-refractivity contribution in [3.8, 4) is 0 Å². The van der Waals surface area contributed by atoms with Crippen molar-refractivity contribution in [2.45, 2.75) is 36.8 Å². The second-order valence-electron chi connectivity index (χ2n) is 6.20. The van der Waals surface area contributed by atoms with E-state index in [4.69, 9.17) is 15.2 Å². The van der Waals surface area contributed by atoms with Gasteiger partial charge >= 0.3 is 5.97 Å². The van der Waals surface area contributed by atoms with Crippen LogP contribution in [0.1, 0.15) is 41.7 Å². The molecule has 1 aliphatic heterocycles. The minimum atomic E-state index is -0.915. The zero-order valence-corrected chi connectivity index (χ0v) is 13.1. The second kappa shape index (κ2) is 5.90. The molecular weight excluding hydrogens is 298 g/mol. The Hall–Kier alpha value is -1.99. The number of pyridine rings is 1. The van der Waals surface area contributed by atoms with Gasteiger partial charge in [0.25, 0.3) is 0 Å². The number of methoxy groups -OCH3 is 1. The minimum absolute atomic E-state index is 0.196. The molecule has 2 heterocycles. The number of esters is 1. The molecule has 0 aromatic carbocycles. The molecule has 0 bridgehead atoms. The Morgan fingerprint density at radius 1 is 1.30 bits per heavy atom. The van der Waals surface area contributed by atoms with E-state index in [1.54, 1.807) is 12.1 Å². The maximum absolute atomic E-state index is 12.7. The molecule has 0 unspecified atom stereocenters. The average Bonchev–Trinajstić information content (AvgIpc) is 3.35. The van der Waals surface area contributed by atoms with Crippen LogP contribution in [0.2, 0.25) is 0 Å². The van der Waals surface area contributed by atoms with Gasteiger partial charge in [-0.15, -0.1) is 0 Å². The van der Waals surface area contributed by atoms with Crippen LogP contribution in [0, 0.1) is 0 Å². The van der Waals surface area contributed by atoms with Gasteiger partial charge in [-0.05, 0) is 31.7 Å². The molecule has 0 radical (unpaired) electrons. The van der Waals surface area contributed by atoms with Gasteiger partial charge in [0.15, 0.2) is 5.69 Å². The van der Waals surface area contributed by atoms with E-state index in [2.05, 4.69) is 10.3 Å². The summed E-state index contributed by atoms with van der Waals surface area (Å²) in [6, 6.07) is 3.56. The summed E-state index contributed by atoms with van der Waals surface area (Å²) >= 11 is 0. The molecule has 1 aromatic heterocycles. The Kier molecular flexibility index (Phi) is 4.08. The summed E-state index contributed by atoms with van der Waals surface area (Å²) in [5, 5.41) is 3.05. The lowest BCUT2D eigenvalue weighted by Crippen LogP contribution is -2.58. The molecule has 1 amide bonds. The van der Waals surface area contributed by atoms with Crippen molar-refractivity contribution in [3.05, 3.63) is 29.6 Å². The maximum Gasteiger partial charge on any atom is 0.357 e. The molecule has 1 aliphatic carbocycles. The average molecular weight is 319 g/mol. The third-order valence-corrected chi connectivity index (χ3v) is 4.64. The predicted octanol–water partition coefficient (Wildman–Crippen LogP) is 0.481. The first kappa shape index (κ1) is 15.9. The fraction of sp³-hybridized carbons (Fsp3) is 0.562. The van der Waals surface area contributed by atoms with Crippen LogP contribution >= 0.6 is 0 Å². The van der Waals surface area contributed by atoms with Crippen LogP contribution < -0.4 is 11.1 Å². The van der Waals surface area contributed by atoms with Crippen LogP contribution in [0.4, 0.5) is 0 Å². The number of carbonyl (C=O) groups is 2. The highest BCUT2D eigenvalue weighted by atomic mass is 16.5. The molecule has 7 heteroatoms. The Morgan fingerprint density at radius 2 is 2.00 bits per heavy atom. The zero-order valence-electron chi connectivity index (χ0n) is 13.1. The first-order valence-electron chi connectivity index (χ1n) is 7.74. The number of nitrogens with one attached hydrogen (secondary N) is 1. The number of hydrogen-bond donors (Lipinski definition) is 2. The Labute approximate surface area is 134 Å². The summed E-state index contributed by atoms with van der Waals surface area (Å²) in [4.78, 5) is 28.7. The summed E-state index contributed by atoms with van der Waals surface area (Å²) < 4.78 is 10.1. The van der Waals surface area contributed by atoms with Crippen molar-refractivity contribution in [3.63, 3.8) is 0 Å². The first-order valence-corrected chi connectivity index (χ1v) is 7.74. The van der Waals surface area contributed by atoms with E-state index in [-0.39, 0.29) is 11.6 Å². The van der Waals surface area contributed by atoms with Gasteiger partial charge in [-0.2, -0.15) is 0 Å². The molecule has 7 nitrogen and oxygen atoms in total. The Bertz CT molecular complexity index is 622.